The average Bonchev–Trinajstić information content (AvgIpc) is 2.14. The Balaban J connectivity index is 3.38. The molecular formula is C11H22N2O4. The summed E-state index contributed by atoms with van der Waals surface area (Å²) in [5, 5.41) is 2.65. The minimum absolute atomic E-state index is 0.100. The van der Waals surface area contributed by atoms with Crippen LogP contribution in [0.15, 0.2) is 0 Å². The maximum Gasteiger partial charge on any atom is 0.243 e. The van der Waals surface area contributed by atoms with E-state index in [0.717, 1.165) is 0 Å². The van der Waals surface area contributed by atoms with Gasteiger partial charge in [0.15, 0.2) is 0 Å². The van der Waals surface area contributed by atoms with Crippen molar-refractivity contribution in [3.05, 3.63) is 0 Å². The number of hydrogen-bond acceptors (Lipinski definition) is 4. The first kappa shape index (κ1) is 15.9. The maximum atomic E-state index is 11.3. The third-order valence-electron chi connectivity index (χ3n) is 1.68. The summed E-state index contributed by atoms with van der Waals surface area (Å²) in [4.78, 5) is 21.6. The summed E-state index contributed by atoms with van der Waals surface area (Å²) in [6.45, 7) is 6.70. The second-order valence-electron chi connectivity index (χ2n) is 4.58. The highest BCUT2D eigenvalue weighted by atomic mass is 16.5. The second-order valence-corrected chi connectivity index (χ2v) is 4.58. The van der Waals surface area contributed by atoms with E-state index in [1.54, 1.807) is 0 Å². The van der Waals surface area contributed by atoms with Crippen molar-refractivity contribution >= 4 is 11.8 Å². The first-order valence-electron chi connectivity index (χ1n) is 5.58. The summed E-state index contributed by atoms with van der Waals surface area (Å²) in [6, 6.07) is 0. The molecule has 0 atom stereocenters. The Morgan fingerprint density at radius 3 is 2.41 bits per heavy atom. The lowest BCUT2D eigenvalue weighted by Gasteiger charge is -2.19. The Labute approximate surface area is 102 Å². The van der Waals surface area contributed by atoms with E-state index < -0.39 is 5.91 Å². The van der Waals surface area contributed by atoms with E-state index in [1.807, 2.05) is 20.8 Å². The van der Waals surface area contributed by atoms with E-state index >= 15 is 0 Å². The maximum absolute atomic E-state index is 11.3. The Hall–Kier alpha value is -1.14. The number of carbonyl (C=O) groups is 2. The van der Waals surface area contributed by atoms with Gasteiger partial charge in [-0.25, -0.2) is 0 Å². The first-order chi connectivity index (χ1) is 7.81. The van der Waals surface area contributed by atoms with Crippen molar-refractivity contribution in [2.45, 2.75) is 32.8 Å². The van der Waals surface area contributed by atoms with Crippen LogP contribution in [-0.4, -0.2) is 43.8 Å². The molecule has 0 radical (unpaired) electrons. The molecule has 17 heavy (non-hydrogen) atoms. The van der Waals surface area contributed by atoms with Gasteiger partial charge in [-0.2, -0.15) is 0 Å². The fourth-order valence-electron chi connectivity index (χ4n) is 0.974. The summed E-state index contributed by atoms with van der Waals surface area (Å²) in [7, 11) is 0. The van der Waals surface area contributed by atoms with E-state index in [2.05, 4.69) is 5.32 Å². The third kappa shape index (κ3) is 12.8. The van der Waals surface area contributed by atoms with Crippen LogP contribution in [0.1, 0.15) is 27.2 Å². The highest BCUT2D eigenvalue weighted by molar-refractivity contribution is 5.76. The lowest BCUT2D eigenvalue weighted by molar-refractivity contribution is -0.123. The van der Waals surface area contributed by atoms with Gasteiger partial charge >= 0.3 is 0 Å². The number of ether oxygens (including phenoxy) is 2. The van der Waals surface area contributed by atoms with Gasteiger partial charge in [-0.1, -0.05) is 0 Å². The molecule has 0 bridgehead atoms. The van der Waals surface area contributed by atoms with Gasteiger partial charge in [-0.15, -0.1) is 0 Å². The molecule has 100 valence electrons. The zero-order chi connectivity index (χ0) is 13.3. The fourth-order valence-corrected chi connectivity index (χ4v) is 0.974. The van der Waals surface area contributed by atoms with Crippen LogP contribution in [0.25, 0.3) is 0 Å². The van der Waals surface area contributed by atoms with E-state index in [-0.39, 0.29) is 24.7 Å². The Morgan fingerprint density at radius 1 is 1.24 bits per heavy atom. The molecule has 0 aliphatic carbocycles. The van der Waals surface area contributed by atoms with E-state index in [9.17, 15) is 9.59 Å². The number of hydrogen-bond donors (Lipinski definition) is 2. The number of primary amides is 1. The summed E-state index contributed by atoms with van der Waals surface area (Å²) in [5.41, 5.74) is 4.64. The van der Waals surface area contributed by atoms with Crippen molar-refractivity contribution in [2.75, 3.05) is 26.4 Å². The molecule has 6 nitrogen and oxygen atoms in total. The highest BCUT2D eigenvalue weighted by Gasteiger charge is 2.10. The molecule has 0 aromatic heterocycles. The number of nitrogens with two attached hydrogens (primary N) is 1. The largest absolute Gasteiger partial charge is 0.375 e. The molecular weight excluding hydrogens is 224 g/mol. The summed E-state index contributed by atoms with van der Waals surface area (Å²) in [5.74, 6) is -0.619. The van der Waals surface area contributed by atoms with Crippen LogP contribution in [0.4, 0.5) is 0 Å². The molecule has 0 fully saturated rings. The Bertz CT molecular complexity index is 248. The van der Waals surface area contributed by atoms with Gasteiger partial charge in [0, 0.05) is 13.0 Å². The zero-order valence-corrected chi connectivity index (χ0v) is 10.7. The highest BCUT2D eigenvalue weighted by Crippen LogP contribution is 2.06. The minimum Gasteiger partial charge on any atom is -0.375 e. The van der Waals surface area contributed by atoms with Gasteiger partial charge in [-0.3, -0.25) is 9.59 Å². The van der Waals surface area contributed by atoms with Crippen molar-refractivity contribution in [3.8, 4) is 0 Å². The summed E-state index contributed by atoms with van der Waals surface area (Å²) >= 11 is 0. The molecule has 0 aromatic carbocycles. The number of carbonyl (C=O) groups excluding carboxylic acids is 2. The predicted octanol–water partition coefficient (Wildman–Crippen LogP) is -0.190. The summed E-state index contributed by atoms with van der Waals surface area (Å²) < 4.78 is 10.3. The van der Waals surface area contributed by atoms with Crippen LogP contribution in [0, 0.1) is 0 Å². The monoisotopic (exact) mass is 246 g/mol. The summed E-state index contributed by atoms with van der Waals surface area (Å²) in [6.07, 6.45) is 0.313. The molecule has 2 amide bonds. The molecule has 0 heterocycles. The number of nitrogens with one attached hydrogen (secondary N) is 1. The van der Waals surface area contributed by atoms with Gasteiger partial charge < -0.3 is 20.5 Å². The molecule has 0 unspecified atom stereocenters. The van der Waals surface area contributed by atoms with Crippen molar-refractivity contribution in [1.29, 1.82) is 0 Å². The smallest absolute Gasteiger partial charge is 0.243 e. The number of amides is 2. The molecule has 0 aliphatic heterocycles. The zero-order valence-electron chi connectivity index (χ0n) is 10.7. The van der Waals surface area contributed by atoms with Crippen LogP contribution >= 0.6 is 0 Å². The van der Waals surface area contributed by atoms with Crippen LogP contribution < -0.4 is 11.1 Å². The first-order valence-corrected chi connectivity index (χ1v) is 5.58. The van der Waals surface area contributed by atoms with E-state index in [0.29, 0.717) is 19.6 Å². The van der Waals surface area contributed by atoms with Gasteiger partial charge in [0.25, 0.3) is 0 Å². The van der Waals surface area contributed by atoms with Gasteiger partial charge in [0.2, 0.25) is 11.8 Å². The Morgan fingerprint density at radius 2 is 1.88 bits per heavy atom. The van der Waals surface area contributed by atoms with Crippen molar-refractivity contribution in [2.24, 2.45) is 5.73 Å². The standard InChI is InChI=1S/C11H22N2O4/c1-11(2,3)17-6-4-10(15)13-5-7-16-8-9(12)14/h4-8H2,1-3H3,(H2,12,14)(H,13,15). The van der Waals surface area contributed by atoms with E-state index in [1.165, 1.54) is 0 Å². The lowest BCUT2D eigenvalue weighted by atomic mass is 10.2. The topological polar surface area (TPSA) is 90.7 Å². The van der Waals surface area contributed by atoms with Crippen molar-refractivity contribution in [3.63, 3.8) is 0 Å². The third-order valence-corrected chi connectivity index (χ3v) is 1.68. The van der Waals surface area contributed by atoms with Gasteiger partial charge in [0.05, 0.1) is 18.8 Å². The van der Waals surface area contributed by atoms with Crippen molar-refractivity contribution in [1.82, 2.24) is 5.32 Å². The lowest BCUT2D eigenvalue weighted by Crippen LogP contribution is -2.30. The second kappa shape index (κ2) is 8.03. The van der Waals surface area contributed by atoms with Crippen molar-refractivity contribution < 1.29 is 19.1 Å². The predicted molar refractivity (Wildman–Crippen MR) is 63.3 cm³/mol. The number of rotatable bonds is 8. The Kier molecular flexibility index (Phi) is 7.49. The molecule has 6 heteroatoms. The van der Waals surface area contributed by atoms with Crippen LogP contribution in [0.2, 0.25) is 0 Å². The average molecular weight is 246 g/mol. The van der Waals surface area contributed by atoms with Gasteiger partial charge in [-0.05, 0) is 20.8 Å². The molecule has 0 aliphatic rings. The van der Waals surface area contributed by atoms with Crippen LogP contribution in [0.3, 0.4) is 0 Å². The normalized spacial score (nSPS) is 11.2. The molecule has 0 saturated heterocycles. The quantitative estimate of drug-likeness (QED) is 0.581. The molecule has 0 rings (SSSR count). The molecule has 3 N–H and O–H groups in total. The van der Waals surface area contributed by atoms with E-state index in [4.69, 9.17) is 15.2 Å². The SMILES string of the molecule is CC(C)(C)OCCC(=O)NCCOCC(N)=O. The molecule has 0 spiro atoms. The minimum atomic E-state index is -0.519. The van der Waals surface area contributed by atoms with Crippen LogP contribution in [0.5, 0.6) is 0 Å². The fraction of sp³-hybridized carbons (Fsp3) is 0.818. The van der Waals surface area contributed by atoms with Crippen LogP contribution in [-0.2, 0) is 19.1 Å². The molecule has 0 saturated carbocycles. The van der Waals surface area contributed by atoms with Gasteiger partial charge in [0.1, 0.15) is 6.61 Å². The molecule has 0 aromatic rings.